The molecule has 8 nitrogen and oxygen atoms in total. The van der Waals surface area contributed by atoms with Crippen molar-refractivity contribution >= 4 is 11.3 Å². The summed E-state index contributed by atoms with van der Waals surface area (Å²) in [5.74, 6) is 0. The Morgan fingerprint density at radius 3 is 2.52 bits per heavy atom. The number of nitro groups is 1. The van der Waals surface area contributed by atoms with E-state index >= 15 is 0 Å². The summed E-state index contributed by atoms with van der Waals surface area (Å²) >= 11 is 0. The fourth-order valence-corrected chi connectivity index (χ4v) is 2.41. The van der Waals surface area contributed by atoms with Crippen LogP contribution in [0.5, 0.6) is 6.01 Å². The Balaban J connectivity index is 2.25. The predicted octanol–water partition coefficient (Wildman–Crippen LogP) is 2.02. The Hall–Kier alpha value is -3.03. The summed E-state index contributed by atoms with van der Waals surface area (Å²) in [5.41, 5.74) is 3.10. The summed E-state index contributed by atoms with van der Waals surface area (Å²) < 4.78 is 1.21. The number of aromatic nitrogens is 4. The summed E-state index contributed by atoms with van der Waals surface area (Å²) in [7, 11) is 0. The molecule has 2 aromatic heterocycles. The van der Waals surface area contributed by atoms with Crippen molar-refractivity contribution in [1.29, 1.82) is 0 Å². The van der Waals surface area contributed by atoms with Crippen LogP contribution in [-0.2, 0) is 0 Å². The van der Waals surface area contributed by atoms with Crippen LogP contribution >= 0.6 is 0 Å². The highest BCUT2D eigenvalue weighted by Gasteiger charge is 2.18. The van der Waals surface area contributed by atoms with Crippen molar-refractivity contribution in [2.75, 3.05) is 0 Å². The predicted molar refractivity (Wildman–Crippen MR) is 74.0 cm³/mol. The number of rotatable bonds is 2. The maximum atomic E-state index is 11.0. The van der Waals surface area contributed by atoms with Gasteiger partial charge in [0.05, 0.1) is 11.1 Å². The van der Waals surface area contributed by atoms with Crippen LogP contribution < -0.4 is 0 Å². The zero-order valence-corrected chi connectivity index (χ0v) is 11.3. The molecule has 0 aliphatic heterocycles. The summed E-state index contributed by atoms with van der Waals surface area (Å²) in [5, 5.41) is 24.7. The maximum Gasteiger partial charge on any atom is 0.318 e. The first-order valence-electron chi connectivity index (χ1n) is 6.12. The van der Waals surface area contributed by atoms with E-state index in [1.807, 2.05) is 0 Å². The quantitative estimate of drug-likeness (QED) is 0.570. The molecule has 1 aromatic carbocycles. The number of fused-ring (bicyclic) bond motifs is 1. The van der Waals surface area contributed by atoms with E-state index in [9.17, 15) is 15.2 Å². The number of aryl methyl sites for hydroxylation is 2. The molecule has 0 saturated carbocycles. The van der Waals surface area contributed by atoms with E-state index < -0.39 is 4.92 Å². The Kier molecular flexibility index (Phi) is 2.79. The lowest BCUT2D eigenvalue weighted by Gasteiger charge is -2.05. The largest absolute Gasteiger partial charge is 0.479 e. The second-order valence-electron chi connectivity index (χ2n) is 4.68. The van der Waals surface area contributed by atoms with Crippen LogP contribution in [-0.4, -0.2) is 29.6 Å². The first-order chi connectivity index (χ1) is 9.99. The molecule has 21 heavy (non-hydrogen) atoms. The van der Waals surface area contributed by atoms with Crippen LogP contribution in [0.2, 0.25) is 0 Å². The van der Waals surface area contributed by atoms with Crippen LogP contribution in [0.15, 0.2) is 24.7 Å². The lowest BCUT2D eigenvalue weighted by molar-refractivity contribution is -0.386. The van der Waals surface area contributed by atoms with Gasteiger partial charge in [0.2, 0.25) is 0 Å². The SMILES string of the molecule is Cc1cc(-c2cnn3c(O)ncnc23)cc(C)c1[N+](=O)[O-]. The van der Waals surface area contributed by atoms with Crippen LogP contribution in [0.1, 0.15) is 11.1 Å². The minimum Gasteiger partial charge on any atom is -0.479 e. The van der Waals surface area contributed by atoms with Gasteiger partial charge in [-0.3, -0.25) is 10.1 Å². The van der Waals surface area contributed by atoms with E-state index in [-0.39, 0.29) is 11.7 Å². The molecule has 0 radical (unpaired) electrons. The van der Waals surface area contributed by atoms with Gasteiger partial charge in [-0.25, -0.2) is 4.98 Å². The van der Waals surface area contributed by atoms with E-state index in [1.54, 1.807) is 32.2 Å². The molecule has 0 aliphatic carbocycles. The molecule has 8 heteroatoms. The minimum atomic E-state index is -0.390. The van der Waals surface area contributed by atoms with Gasteiger partial charge in [0.1, 0.15) is 6.33 Å². The van der Waals surface area contributed by atoms with E-state index in [0.29, 0.717) is 22.3 Å². The molecular weight excluding hydrogens is 274 g/mol. The summed E-state index contributed by atoms with van der Waals surface area (Å²) in [6.07, 6.45) is 2.78. The third-order valence-corrected chi connectivity index (χ3v) is 3.27. The smallest absolute Gasteiger partial charge is 0.318 e. The normalized spacial score (nSPS) is 11.0. The van der Waals surface area contributed by atoms with Crippen molar-refractivity contribution in [3.63, 3.8) is 0 Å². The molecule has 1 N–H and O–H groups in total. The number of aromatic hydroxyl groups is 1. The summed E-state index contributed by atoms with van der Waals surface area (Å²) in [4.78, 5) is 18.4. The highest BCUT2D eigenvalue weighted by atomic mass is 16.6. The zero-order chi connectivity index (χ0) is 15.1. The van der Waals surface area contributed by atoms with Gasteiger partial charge in [-0.15, -0.1) is 0 Å². The molecule has 2 heterocycles. The Bertz CT molecular complexity index is 848. The Labute approximate surface area is 118 Å². The summed E-state index contributed by atoms with van der Waals surface area (Å²) in [6, 6.07) is 3.16. The van der Waals surface area contributed by atoms with Gasteiger partial charge in [-0.2, -0.15) is 14.6 Å². The molecule has 106 valence electrons. The molecule has 0 spiro atoms. The van der Waals surface area contributed by atoms with Gasteiger partial charge < -0.3 is 5.11 Å². The third kappa shape index (κ3) is 1.97. The second kappa shape index (κ2) is 4.51. The lowest BCUT2D eigenvalue weighted by Crippen LogP contribution is -1.96. The third-order valence-electron chi connectivity index (χ3n) is 3.27. The molecule has 0 saturated heterocycles. The van der Waals surface area contributed by atoms with Crippen LogP contribution in [0.3, 0.4) is 0 Å². The van der Waals surface area contributed by atoms with E-state index in [4.69, 9.17) is 0 Å². The minimum absolute atomic E-state index is 0.104. The maximum absolute atomic E-state index is 11.0. The number of nitro benzene ring substituents is 1. The van der Waals surface area contributed by atoms with Crippen molar-refractivity contribution in [1.82, 2.24) is 19.6 Å². The molecule has 0 fully saturated rings. The second-order valence-corrected chi connectivity index (χ2v) is 4.68. The Morgan fingerprint density at radius 1 is 1.24 bits per heavy atom. The number of hydrogen-bond donors (Lipinski definition) is 1. The highest BCUT2D eigenvalue weighted by Crippen LogP contribution is 2.31. The van der Waals surface area contributed by atoms with E-state index in [0.717, 1.165) is 5.56 Å². The average Bonchev–Trinajstić information content (AvgIpc) is 2.82. The van der Waals surface area contributed by atoms with Gasteiger partial charge in [-0.1, -0.05) is 0 Å². The monoisotopic (exact) mass is 285 g/mol. The number of benzene rings is 1. The van der Waals surface area contributed by atoms with E-state index in [2.05, 4.69) is 15.1 Å². The molecular formula is C13H11N5O3. The molecule has 3 aromatic rings. The van der Waals surface area contributed by atoms with Crippen molar-refractivity contribution < 1.29 is 10.0 Å². The fourth-order valence-electron chi connectivity index (χ4n) is 2.41. The van der Waals surface area contributed by atoms with Gasteiger partial charge in [0.25, 0.3) is 5.69 Å². The molecule has 0 bridgehead atoms. The lowest BCUT2D eigenvalue weighted by atomic mass is 10.0. The number of hydrogen-bond acceptors (Lipinski definition) is 6. The molecule has 0 unspecified atom stereocenters. The fraction of sp³-hybridized carbons (Fsp3) is 0.154. The van der Waals surface area contributed by atoms with Crippen molar-refractivity contribution in [3.05, 3.63) is 45.9 Å². The highest BCUT2D eigenvalue weighted by molar-refractivity contribution is 5.79. The van der Waals surface area contributed by atoms with Crippen LogP contribution in [0.4, 0.5) is 5.69 Å². The first-order valence-corrected chi connectivity index (χ1v) is 6.12. The van der Waals surface area contributed by atoms with Crippen molar-refractivity contribution in [2.45, 2.75) is 13.8 Å². The standard InChI is InChI=1S/C13H11N5O3/c1-7-3-9(4-8(2)11(7)18(20)21)10-5-16-17-12(10)14-6-15-13(17)19/h3-6H,1-2H3,(H,14,15,19). The number of nitrogens with zero attached hydrogens (tertiary/aromatic N) is 5. The van der Waals surface area contributed by atoms with Crippen molar-refractivity contribution in [3.8, 4) is 17.1 Å². The van der Waals surface area contributed by atoms with Gasteiger partial charge in [-0.05, 0) is 31.5 Å². The molecule has 0 aliphatic rings. The van der Waals surface area contributed by atoms with Gasteiger partial charge in [0.15, 0.2) is 5.65 Å². The topological polar surface area (TPSA) is 106 Å². The van der Waals surface area contributed by atoms with E-state index in [1.165, 1.54) is 10.8 Å². The summed E-state index contributed by atoms with van der Waals surface area (Å²) in [6.45, 7) is 3.37. The molecule has 0 amide bonds. The van der Waals surface area contributed by atoms with Crippen LogP contribution in [0, 0.1) is 24.0 Å². The first kappa shape index (κ1) is 13.0. The molecule has 0 atom stereocenters. The average molecular weight is 285 g/mol. The molecule has 3 rings (SSSR count). The zero-order valence-electron chi connectivity index (χ0n) is 11.3. The van der Waals surface area contributed by atoms with Gasteiger partial charge >= 0.3 is 6.01 Å². The van der Waals surface area contributed by atoms with Crippen molar-refractivity contribution in [2.24, 2.45) is 0 Å². The Morgan fingerprint density at radius 2 is 1.90 bits per heavy atom. The van der Waals surface area contributed by atoms with Crippen LogP contribution in [0.25, 0.3) is 16.8 Å². The van der Waals surface area contributed by atoms with Gasteiger partial charge in [0, 0.05) is 16.7 Å².